The van der Waals surface area contributed by atoms with Crippen LogP contribution < -0.4 is 11.1 Å². The second kappa shape index (κ2) is 19.8. The zero-order chi connectivity index (χ0) is 26.7. The third-order valence-electron chi connectivity index (χ3n) is 4.26. The molecule has 0 amide bonds. The standard InChI is InChI=1S/C20H24FNO2.C4H10.C2H5NO.CH3F/c1-5-24-19(23)12-18(22-4)16-11-15(9-10-17(16)21)20-13(2)7-6-8-14(20)3;1-4(2)3;3-1-2-4;1-2/h6-11,18,22H,5,12H2,1-4H3;4H,1-3H3;2H,1,3H2;1H3. The highest BCUT2D eigenvalue weighted by Crippen LogP contribution is 2.31. The maximum Gasteiger partial charge on any atom is 0.307 e. The van der Waals surface area contributed by atoms with Crippen molar-refractivity contribution in [1.29, 1.82) is 0 Å². The average molecular weight is 481 g/mol. The summed E-state index contributed by atoms with van der Waals surface area (Å²) in [6.45, 7) is 12.8. The molecule has 0 aliphatic carbocycles. The van der Waals surface area contributed by atoms with Crippen molar-refractivity contribution in [1.82, 2.24) is 5.32 Å². The number of ether oxygens (including phenoxy) is 1. The first-order valence-electron chi connectivity index (χ1n) is 11.3. The summed E-state index contributed by atoms with van der Waals surface area (Å²) in [7, 11) is 2.22. The second-order valence-corrected chi connectivity index (χ2v) is 7.99. The molecule has 2 aromatic rings. The minimum absolute atomic E-state index is 0.0947. The van der Waals surface area contributed by atoms with Crippen molar-refractivity contribution in [2.45, 2.75) is 54.0 Å². The average Bonchev–Trinajstić information content (AvgIpc) is 2.80. The summed E-state index contributed by atoms with van der Waals surface area (Å²) in [5.41, 5.74) is 9.46. The molecular weight excluding hydrogens is 438 g/mol. The lowest BCUT2D eigenvalue weighted by atomic mass is 9.92. The van der Waals surface area contributed by atoms with E-state index in [1.165, 1.54) is 6.07 Å². The van der Waals surface area contributed by atoms with E-state index in [-0.39, 0.29) is 24.8 Å². The molecule has 192 valence electrons. The molecule has 0 saturated heterocycles. The maximum atomic E-state index is 14.4. The number of carbonyl (C=O) groups is 2. The van der Waals surface area contributed by atoms with Gasteiger partial charge < -0.3 is 20.6 Å². The first-order chi connectivity index (χ1) is 16.1. The van der Waals surface area contributed by atoms with Gasteiger partial charge in [0.25, 0.3) is 0 Å². The third-order valence-corrected chi connectivity index (χ3v) is 4.26. The van der Waals surface area contributed by atoms with Crippen LogP contribution in [0.15, 0.2) is 36.4 Å². The minimum atomic E-state index is -0.423. The Hall–Kier alpha value is -2.64. The second-order valence-electron chi connectivity index (χ2n) is 7.99. The number of rotatable bonds is 7. The van der Waals surface area contributed by atoms with Crippen LogP contribution in [0.5, 0.6) is 0 Å². The van der Waals surface area contributed by atoms with E-state index in [4.69, 9.17) is 9.53 Å². The molecule has 0 fully saturated rings. The number of nitrogens with two attached hydrogens (primary N) is 1. The summed E-state index contributed by atoms with van der Waals surface area (Å²) in [4.78, 5) is 20.8. The molecule has 7 heteroatoms. The molecule has 1 atom stereocenters. The van der Waals surface area contributed by atoms with Gasteiger partial charge in [-0.05, 0) is 68.1 Å². The Labute approximate surface area is 204 Å². The fourth-order valence-electron chi connectivity index (χ4n) is 2.99. The Morgan fingerprint density at radius 1 is 1.12 bits per heavy atom. The van der Waals surface area contributed by atoms with Gasteiger partial charge in [0.05, 0.1) is 20.2 Å². The number of nitrogens with one attached hydrogen (secondary N) is 1. The zero-order valence-electron chi connectivity index (χ0n) is 21.9. The van der Waals surface area contributed by atoms with E-state index >= 15 is 0 Å². The van der Waals surface area contributed by atoms with Crippen molar-refractivity contribution >= 4 is 12.3 Å². The van der Waals surface area contributed by atoms with Gasteiger partial charge in [-0.3, -0.25) is 9.18 Å². The number of hydrogen-bond donors (Lipinski definition) is 2. The van der Waals surface area contributed by atoms with Crippen LogP contribution >= 0.6 is 0 Å². The lowest BCUT2D eigenvalue weighted by Crippen LogP contribution is -2.22. The maximum absolute atomic E-state index is 14.4. The van der Waals surface area contributed by atoms with E-state index in [2.05, 4.69) is 31.8 Å². The van der Waals surface area contributed by atoms with E-state index < -0.39 is 6.04 Å². The van der Waals surface area contributed by atoms with Crippen LogP contribution in [0.4, 0.5) is 8.78 Å². The smallest absolute Gasteiger partial charge is 0.307 e. The van der Waals surface area contributed by atoms with E-state index in [0.29, 0.717) is 25.6 Å². The number of hydrogen-bond acceptors (Lipinski definition) is 5. The van der Waals surface area contributed by atoms with Crippen LogP contribution in [-0.4, -0.2) is 39.6 Å². The number of esters is 1. The van der Waals surface area contributed by atoms with Crippen LogP contribution in [0.2, 0.25) is 0 Å². The monoisotopic (exact) mass is 480 g/mol. The molecule has 0 bridgehead atoms. The van der Waals surface area contributed by atoms with Gasteiger partial charge in [0, 0.05) is 18.2 Å². The van der Waals surface area contributed by atoms with Gasteiger partial charge in [0.1, 0.15) is 12.1 Å². The molecule has 0 heterocycles. The van der Waals surface area contributed by atoms with Gasteiger partial charge in [-0.2, -0.15) is 0 Å². The van der Waals surface area contributed by atoms with Gasteiger partial charge in [-0.15, -0.1) is 0 Å². The molecule has 2 rings (SSSR count). The quantitative estimate of drug-likeness (QED) is 0.392. The highest BCUT2D eigenvalue weighted by molar-refractivity contribution is 5.73. The van der Waals surface area contributed by atoms with Gasteiger partial charge in [0.15, 0.2) is 0 Å². The SMILES string of the molecule is CC(C)C.CCOC(=O)CC(NC)c1cc(-c2c(C)cccc2C)ccc1F.CF.NCC=O. The van der Waals surface area contributed by atoms with Crippen LogP contribution in [0.1, 0.15) is 56.8 Å². The summed E-state index contributed by atoms with van der Waals surface area (Å²) in [6, 6.07) is 10.7. The van der Waals surface area contributed by atoms with Crippen molar-refractivity contribution in [3.05, 3.63) is 58.9 Å². The van der Waals surface area contributed by atoms with E-state index in [0.717, 1.165) is 28.2 Å². The molecular formula is C27H42F2N2O3. The predicted octanol–water partition coefficient (Wildman–Crippen LogP) is 5.72. The fourth-order valence-corrected chi connectivity index (χ4v) is 2.99. The van der Waals surface area contributed by atoms with Crippen LogP contribution in [0.3, 0.4) is 0 Å². The van der Waals surface area contributed by atoms with E-state index in [1.54, 1.807) is 20.0 Å². The van der Waals surface area contributed by atoms with Crippen molar-refractivity contribution in [2.75, 3.05) is 27.4 Å². The third kappa shape index (κ3) is 13.2. The molecule has 0 spiro atoms. The van der Waals surface area contributed by atoms with Gasteiger partial charge in [0.2, 0.25) is 0 Å². The molecule has 0 aliphatic rings. The van der Waals surface area contributed by atoms with Gasteiger partial charge in [-0.1, -0.05) is 45.0 Å². The number of alkyl halides is 1. The van der Waals surface area contributed by atoms with Gasteiger partial charge in [-0.25, -0.2) is 4.39 Å². The van der Waals surface area contributed by atoms with Gasteiger partial charge >= 0.3 is 5.97 Å². The fraction of sp³-hybridized carbons (Fsp3) is 0.481. The summed E-state index contributed by atoms with van der Waals surface area (Å²) in [5.74, 6) is 0.169. The lowest BCUT2D eigenvalue weighted by molar-refractivity contribution is -0.143. The first kappa shape index (κ1) is 33.5. The number of benzene rings is 2. The molecule has 0 aromatic heterocycles. The lowest BCUT2D eigenvalue weighted by Gasteiger charge is -2.18. The van der Waals surface area contributed by atoms with Crippen molar-refractivity contribution in [3.63, 3.8) is 0 Å². The number of aldehydes is 1. The summed E-state index contributed by atoms with van der Waals surface area (Å²) in [5, 5.41) is 3.02. The highest BCUT2D eigenvalue weighted by atomic mass is 19.1. The van der Waals surface area contributed by atoms with Crippen LogP contribution in [0.25, 0.3) is 11.1 Å². The van der Waals surface area contributed by atoms with Crippen LogP contribution in [0, 0.1) is 25.6 Å². The van der Waals surface area contributed by atoms with Crippen molar-refractivity contribution in [3.8, 4) is 11.1 Å². The van der Waals surface area contributed by atoms with E-state index in [1.807, 2.05) is 38.1 Å². The Balaban J connectivity index is 0. The largest absolute Gasteiger partial charge is 0.466 e. The minimum Gasteiger partial charge on any atom is -0.466 e. The zero-order valence-corrected chi connectivity index (χ0v) is 21.9. The Morgan fingerprint density at radius 3 is 2.03 bits per heavy atom. The Bertz CT molecular complexity index is 820. The molecule has 5 nitrogen and oxygen atoms in total. The van der Waals surface area contributed by atoms with Crippen molar-refractivity contribution < 1.29 is 23.1 Å². The molecule has 2 aromatic carbocycles. The molecule has 3 N–H and O–H groups in total. The van der Waals surface area contributed by atoms with Crippen molar-refractivity contribution in [2.24, 2.45) is 11.7 Å². The first-order valence-corrected chi connectivity index (χ1v) is 11.3. The number of halogens is 2. The normalized spacial score (nSPS) is 10.5. The van der Waals surface area contributed by atoms with Crippen LogP contribution in [-0.2, 0) is 14.3 Å². The summed E-state index contributed by atoms with van der Waals surface area (Å²) in [6.07, 6.45) is 0.747. The Morgan fingerprint density at radius 2 is 1.62 bits per heavy atom. The summed E-state index contributed by atoms with van der Waals surface area (Å²) >= 11 is 0. The molecule has 1 unspecified atom stereocenters. The Kier molecular flexibility index (Phi) is 19.5. The topological polar surface area (TPSA) is 81.4 Å². The van der Waals surface area contributed by atoms with E-state index in [9.17, 15) is 13.6 Å². The number of aryl methyl sites for hydroxylation is 2. The predicted molar refractivity (Wildman–Crippen MR) is 137 cm³/mol. The summed E-state index contributed by atoms with van der Waals surface area (Å²) < 4.78 is 28.9. The molecule has 0 saturated carbocycles. The molecule has 34 heavy (non-hydrogen) atoms. The molecule has 0 aliphatic heterocycles. The highest BCUT2D eigenvalue weighted by Gasteiger charge is 2.20. The molecule has 0 radical (unpaired) electrons. The number of carbonyl (C=O) groups excluding carboxylic acids is 2.